The number of amides is 2. The Balaban J connectivity index is 2.72. The van der Waals surface area contributed by atoms with Crippen LogP contribution in [0, 0.1) is 0 Å². The third-order valence-corrected chi connectivity index (χ3v) is 4.09. The van der Waals surface area contributed by atoms with E-state index < -0.39 is 0 Å². The lowest BCUT2D eigenvalue weighted by atomic mass is 9.92. The molecular weight excluding hydrogens is 230 g/mol. The minimum Gasteiger partial charge on any atom is -0.348 e. The van der Waals surface area contributed by atoms with Gasteiger partial charge in [0, 0.05) is 20.0 Å². The van der Waals surface area contributed by atoms with Gasteiger partial charge in [0.15, 0.2) is 0 Å². The largest absolute Gasteiger partial charge is 0.348 e. The van der Waals surface area contributed by atoms with Gasteiger partial charge in [-0.25, -0.2) is 0 Å². The zero-order valence-corrected chi connectivity index (χ0v) is 11.7. The highest BCUT2D eigenvalue weighted by Crippen LogP contribution is 2.20. The number of hydrogen-bond acceptors (Lipinski definition) is 3. The molecule has 0 radical (unpaired) electrons. The van der Waals surface area contributed by atoms with Gasteiger partial charge in [-0.1, -0.05) is 13.8 Å². The van der Waals surface area contributed by atoms with Crippen molar-refractivity contribution in [3.63, 3.8) is 0 Å². The second kappa shape index (κ2) is 6.18. The van der Waals surface area contributed by atoms with Gasteiger partial charge in [0.05, 0.1) is 5.54 Å². The standard InChI is InChI=1S/C13H25N3O2/c1-4-13(5-2,9-14)15-12(18)11-7-6-8-16(11)10(3)17/h11H,4-9,14H2,1-3H3,(H,15,18). The maximum absolute atomic E-state index is 12.3. The zero-order valence-electron chi connectivity index (χ0n) is 11.7. The molecule has 0 saturated carbocycles. The minimum absolute atomic E-state index is 0.0287. The fraction of sp³-hybridized carbons (Fsp3) is 0.846. The zero-order chi connectivity index (χ0) is 13.8. The first-order valence-corrected chi connectivity index (χ1v) is 6.79. The van der Waals surface area contributed by atoms with Crippen LogP contribution in [0.15, 0.2) is 0 Å². The van der Waals surface area contributed by atoms with Gasteiger partial charge in [-0.05, 0) is 25.7 Å². The molecule has 0 aromatic heterocycles. The Morgan fingerprint density at radius 3 is 2.44 bits per heavy atom. The molecule has 5 nitrogen and oxygen atoms in total. The third kappa shape index (κ3) is 3.02. The second-order valence-electron chi connectivity index (χ2n) is 5.05. The Morgan fingerprint density at radius 1 is 1.39 bits per heavy atom. The van der Waals surface area contributed by atoms with E-state index in [1.54, 1.807) is 4.90 Å². The molecule has 0 spiro atoms. The van der Waals surface area contributed by atoms with Gasteiger partial charge in [-0.15, -0.1) is 0 Å². The molecule has 0 bridgehead atoms. The molecule has 0 aromatic carbocycles. The van der Waals surface area contributed by atoms with E-state index in [0.717, 1.165) is 25.7 Å². The Hall–Kier alpha value is -1.10. The third-order valence-electron chi connectivity index (χ3n) is 4.09. The van der Waals surface area contributed by atoms with Gasteiger partial charge in [0.1, 0.15) is 6.04 Å². The Kier molecular flexibility index (Phi) is 5.14. The number of rotatable bonds is 5. The summed E-state index contributed by atoms with van der Waals surface area (Å²) in [4.78, 5) is 25.4. The van der Waals surface area contributed by atoms with E-state index in [2.05, 4.69) is 5.32 Å². The number of nitrogens with two attached hydrogens (primary N) is 1. The molecule has 18 heavy (non-hydrogen) atoms. The monoisotopic (exact) mass is 255 g/mol. The van der Waals surface area contributed by atoms with Gasteiger partial charge in [0.2, 0.25) is 11.8 Å². The number of carbonyl (C=O) groups excluding carboxylic acids is 2. The molecule has 2 amide bonds. The van der Waals surface area contributed by atoms with Crippen LogP contribution in [0.25, 0.3) is 0 Å². The topological polar surface area (TPSA) is 75.4 Å². The highest BCUT2D eigenvalue weighted by Gasteiger charge is 2.36. The summed E-state index contributed by atoms with van der Waals surface area (Å²) in [5.41, 5.74) is 5.44. The second-order valence-corrected chi connectivity index (χ2v) is 5.05. The van der Waals surface area contributed by atoms with E-state index in [9.17, 15) is 9.59 Å². The van der Waals surface area contributed by atoms with Crippen LogP contribution < -0.4 is 11.1 Å². The normalized spacial score (nSPS) is 20.0. The summed E-state index contributed by atoms with van der Waals surface area (Å²) in [6.07, 6.45) is 3.25. The van der Waals surface area contributed by atoms with E-state index in [0.29, 0.717) is 13.1 Å². The average Bonchev–Trinajstić information content (AvgIpc) is 2.85. The van der Waals surface area contributed by atoms with Gasteiger partial charge in [0.25, 0.3) is 0 Å². The predicted octanol–water partition coefficient (Wildman–Crippen LogP) is 0.631. The van der Waals surface area contributed by atoms with E-state index in [1.807, 2.05) is 13.8 Å². The molecule has 1 fully saturated rings. The van der Waals surface area contributed by atoms with Crippen LogP contribution in [0.1, 0.15) is 46.5 Å². The van der Waals surface area contributed by atoms with E-state index in [-0.39, 0.29) is 23.4 Å². The molecule has 1 aliphatic rings. The summed E-state index contributed by atoms with van der Waals surface area (Å²) in [5, 5.41) is 3.05. The smallest absolute Gasteiger partial charge is 0.243 e. The van der Waals surface area contributed by atoms with Crippen LogP contribution >= 0.6 is 0 Å². The first kappa shape index (κ1) is 15.0. The summed E-state index contributed by atoms with van der Waals surface area (Å²) in [6, 6.07) is -0.313. The summed E-state index contributed by atoms with van der Waals surface area (Å²) < 4.78 is 0. The van der Waals surface area contributed by atoms with Crippen molar-refractivity contribution in [3.8, 4) is 0 Å². The van der Waals surface area contributed by atoms with Crippen molar-refractivity contribution < 1.29 is 9.59 Å². The highest BCUT2D eigenvalue weighted by atomic mass is 16.2. The van der Waals surface area contributed by atoms with Crippen molar-refractivity contribution in [2.75, 3.05) is 13.1 Å². The lowest BCUT2D eigenvalue weighted by Gasteiger charge is -2.34. The molecule has 1 aliphatic heterocycles. The summed E-state index contributed by atoms with van der Waals surface area (Å²) >= 11 is 0. The lowest BCUT2D eigenvalue weighted by molar-refractivity contribution is -0.137. The van der Waals surface area contributed by atoms with Crippen molar-refractivity contribution in [3.05, 3.63) is 0 Å². The molecule has 0 aromatic rings. The van der Waals surface area contributed by atoms with E-state index in [1.165, 1.54) is 6.92 Å². The van der Waals surface area contributed by atoms with Gasteiger partial charge >= 0.3 is 0 Å². The van der Waals surface area contributed by atoms with Crippen molar-refractivity contribution in [2.24, 2.45) is 5.73 Å². The van der Waals surface area contributed by atoms with E-state index >= 15 is 0 Å². The van der Waals surface area contributed by atoms with Crippen molar-refractivity contribution in [1.29, 1.82) is 0 Å². The Bertz CT molecular complexity index is 305. The predicted molar refractivity (Wildman–Crippen MR) is 70.9 cm³/mol. The van der Waals surface area contributed by atoms with Gasteiger partial charge in [-0.2, -0.15) is 0 Å². The van der Waals surface area contributed by atoms with Crippen LogP contribution in [-0.2, 0) is 9.59 Å². The van der Waals surface area contributed by atoms with Crippen LogP contribution in [-0.4, -0.2) is 41.4 Å². The van der Waals surface area contributed by atoms with Crippen LogP contribution in [0.3, 0.4) is 0 Å². The van der Waals surface area contributed by atoms with Crippen LogP contribution in [0.2, 0.25) is 0 Å². The molecule has 0 aliphatic carbocycles. The minimum atomic E-state index is -0.331. The molecule has 1 unspecified atom stereocenters. The summed E-state index contributed by atoms with van der Waals surface area (Å²) in [7, 11) is 0. The molecule has 5 heteroatoms. The van der Waals surface area contributed by atoms with Crippen molar-refractivity contribution >= 4 is 11.8 Å². The quantitative estimate of drug-likeness (QED) is 0.756. The van der Waals surface area contributed by atoms with Gasteiger partial charge < -0.3 is 16.0 Å². The SMILES string of the molecule is CCC(CC)(CN)NC(=O)C1CCCN1C(C)=O. The summed E-state index contributed by atoms with van der Waals surface area (Å²) in [6.45, 7) is 6.67. The molecular formula is C13H25N3O2. The van der Waals surface area contributed by atoms with Crippen LogP contribution in [0.5, 0.6) is 0 Å². The fourth-order valence-corrected chi connectivity index (χ4v) is 2.53. The maximum atomic E-state index is 12.3. The first-order valence-electron chi connectivity index (χ1n) is 6.79. The Labute approximate surface area is 109 Å². The molecule has 3 N–H and O–H groups in total. The number of likely N-dealkylation sites (tertiary alicyclic amines) is 1. The molecule has 1 atom stereocenters. The molecule has 104 valence electrons. The average molecular weight is 255 g/mol. The van der Waals surface area contributed by atoms with Crippen molar-refractivity contribution in [2.45, 2.75) is 58.0 Å². The number of hydrogen-bond donors (Lipinski definition) is 2. The molecule has 1 saturated heterocycles. The maximum Gasteiger partial charge on any atom is 0.243 e. The van der Waals surface area contributed by atoms with Gasteiger partial charge in [-0.3, -0.25) is 9.59 Å². The molecule has 1 rings (SSSR count). The van der Waals surface area contributed by atoms with Crippen molar-refractivity contribution in [1.82, 2.24) is 10.2 Å². The number of carbonyl (C=O) groups is 2. The Morgan fingerprint density at radius 2 is 2.00 bits per heavy atom. The number of nitrogens with zero attached hydrogens (tertiary/aromatic N) is 1. The lowest BCUT2D eigenvalue weighted by Crippen LogP contribution is -2.57. The first-order chi connectivity index (χ1) is 8.49. The summed E-state index contributed by atoms with van der Waals surface area (Å²) in [5.74, 6) is -0.0872. The highest BCUT2D eigenvalue weighted by molar-refractivity contribution is 5.87. The van der Waals surface area contributed by atoms with Crippen LogP contribution in [0.4, 0.5) is 0 Å². The molecule has 1 heterocycles. The number of nitrogens with one attached hydrogen (secondary N) is 1. The van der Waals surface area contributed by atoms with E-state index in [4.69, 9.17) is 5.73 Å². The fourth-order valence-electron chi connectivity index (χ4n) is 2.53.